The van der Waals surface area contributed by atoms with Crippen molar-refractivity contribution in [1.29, 1.82) is 0 Å². The molecule has 0 spiro atoms. The van der Waals surface area contributed by atoms with E-state index in [0.717, 1.165) is 17.3 Å². The van der Waals surface area contributed by atoms with E-state index >= 15 is 0 Å². The zero-order valence-electron chi connectivity index (χ0n) is 13.3. The number of nitrogens with two attached hydrogens (primary N) is 1. The molecule has 2 rings (SSSR count). The predicted octanol–water partition coefficient (Wildman–Crippen LogP) is 2.04. The SMILES string of the molecule is COc1ccc(NC(N)=NCc2nc(C(C)(C)C)n[nH]2)cc1. The molecule has 1 heterocycles. The number of H-pyrrole nitrogens is 1. The van der Waals surface area contributed by atoms with Crippen molar-refractivity contribution in [2.24, 2.45) is 10.7 Å². The second kappa shape index (κ2) is 6.46. The molecule has 0 radical (unpaired) electrons. The summed E-state index contributed by atoms with van der Waals surface area (Å²) in [4.78, 5) is 8.66. The summed E-state index contributed by atoms with van der Waals surface area (Å²) in [7, 11) is 1.63. The maximum atomic E-state index is 5.86. The molecule has 7 nitrogen and oxygen atoms in total. The second-order valence-corrected chi connectivity index (χ2v) is 5.91. The van der Waals surface area contributed by atoms with Crippen molar-refractivity contribution in [1.82, 2.24) is 15.2 Å². The number of anilines is 1. The number of benzene rings is 1. The molecule has 0 aliphatic rings. The molecule has 1 aromatic heterocycles. The minimum atomic E-state index is -0.0919. The van der Waals surface area contributed by atoms with Crippen LogP contribution >= 0.6 is 0 Å². The van der Waals surface area contributed by atoms with Crippen molar-refractivity contribution in [3.8, 4) is 5.75 Å². The molecule has 2 aromatic rings. The van der Waals surface area contributed by atoms with Crippen molar-refractivity contribution in [2.75, 3.05) is 12.4 Å². The highest BCUT2D eigenvalue weighted by molar-refractivity contribution is 5.92. The fourth-order valence-electron chi connectivity index (χ4n) is 1.72. The van der Waals surface area contributed by atoms with Gasteiger partial charge in [0.05, 0.1) is 7.11 Å². The molecule has 0 fully saturated rings. The molecule has 0 saturated heterocycles. The number of aliphatic imine (C=N–C) groups is 1. The van der Waals surface area contributed by atoms with Gasteiger partial charge in [-0.05, 0) is 24.3 Å². The molecular weight excluding hydrogens is 280 g/mol. The Bertz CT molecular complexity index is 639. The molecule has 1 aromatic carbocycles. The Morgan fingerprint density at radius 1 is 1.32 bits per heavy atom. The standard InChI is InChI=1S/C15H22N6O/c1-15(2,3)13-19-12(20-21-13)9-17-14(16)18-10-5-7-11(22-4)8-6-10/h5-8H,9H2,1-4H3,(H3,16,17,18)(H,19,20,21). The van der Waals surface area contributed by atoms with E-state index in [4.69, 9.17) is 10.5 Å². The van der Waals surface area contributed by atoms with Crippen molar-refractivity contribution in [2.45, 2.75) is 32.7 Å². The summed E-state index contributed by atoms with van der Waals surface area (Å²) in [5.41, 5.74) is 6.61. The molecule has 7 heteroatoms. The summed E-state index contributed by atoms with van der Waals surface area (Å²) in [6.07, 6.45) is 0. The maximum Gasteiger partial charge on any atom is 0.193 e. The molecule has 0 amide bonds. The fourth-order valence-corrected chi connectivity index (χ4v) is 1.72. The van der Waals surface area contributed by atoms with Gasteiger partial charge in [0.2, 0.25) is 0 Å². The Kier molecular flexibility index (Phi) is 4.65. The lowest BCUT2D eigenvalue weighted by Gasteiger charge is -2.11. The number of hydrogen-bond donors (Lipinski definition) is 3. The highest BCUT2D eigenvalue weighted by Crippen LogP contribution is 2.17. The molecule has 22 heavy (non-hydrogen) atoms. The first-order valence-electron chi connectivity index (χ1n) is 7.01. The number of hydrogen-bond acceptors (Lipinski definition) is 4. The lowest BCUT2D eigenvalue weighted by Crippen LogP contribution is -2.22. The van der Waals surface area contributed by atoms with Crippen LogP contribution in [0.1, 0.15) is 32.4 Å². The average Bonchev–Trinajstić information content (AvgIpc) is 2.95. The van der Waals surface area contributed by atoms with Crippen LogP contribution in [0.15, 0.2) is 29.3 Å². The van der Waals surface area contributed by atoms with E-state index in [1.165, 1.54) is 0 Å². The minimum Gasteiger partial charge on any atom is -0.497 e. The van der Waals surface area contributed by atoms with Crippen LogP contribution in [0, 0.1) is 0 Å². The minimum absolute atomic E-state index is 0.0919. The average molecular weight is 302 g/mol. The highest BCUT2D eigenvalue weighted by atomic mass is 16.5. The summed E-state index contributed by atoms with van der Waals surface area (Å²) in [5.74, 6) is 2.56. The van der Waals surface area contributed by atoms with Crippen LogP contribution in [0.4, 0.5) is 5.69 Å². The summed E-state index contributed by atoms with van der Waals surface area (Å²) in [6, 6.07) is 7.43. The molecule has 4 N–H and O–H groups in total. The van der Waals surface area contributed by atoms with E-state index in [-0.39, 0.29) is 5.41 Å². The van der Waals surface area contributed by atoms with Gasteiger partial charge in [-0.25, -0.2) is 9.98 Å². The van der Waals surface area contributed by atoms with E-state index in [9.17, 15) is 0 Å². The number of rotatable bonds is 4. The summed E-state index contributed by atoms with van der Waals surface area (Å²) in [5, 5.41) is 10.1. The third-order valence-electron chi connectivity index (χ3n) is 2.96. The first kappa shape index (κ1) is 15.8. The number of guanidine groups is 1. The molecule has 118 valence electrons. The van der Waals surface area contributed by atoms with Crippen molar-refractivity contribution < 1.29 is 4.74 Å². The normalized spacial score (nSPS) is 12.3. The zero-order valence-corrected chi connectivity index (χ0v) is 13.3. The van der Waals surface area contributed by atoms with Gasteiger partial charge in [0.1, 0.15) is 18.1 Å². The zero-order chi connectivity index (χ0) is 16.2. The predicted molar refractivity (Wildman–Crippen MR) is 87.0 cm³/mol. The quantitative estimate of drug-likeness (QED) is 0.592. The van der Waals surface area contributed by atoms with Gasteiger partial charge in [0.25, 0.3) is 0 Å². The van der Waals surface area contributed by atoms with Gasteiger partial charge in [-0.3, -0.25) is 5.10 Å². The lowest BCUT2D eigenvalue weighted by molar-refractivity contribution is 0.415. The molecule has 0 aliphatic carbocycles. The Morgan fingerprint density at radius 2 is 2.00 bits per heavy atom. The van der Waals surface area contributed by atoms with E-state index < -0.39 is 0 Å². The van der Waals surface area contributed by atoms with Crippen LogP contribution in [0.25, 0.3) is 0 Å². The smallest absolute Gasteiger partial charge is 0.193 e. The Labute approximate surface area is 130 Å². The number of nitrogens with one attached hydrogen (secondary N) is 2. The van der Waals surface area contributed by atoms with Crippen molar-refractivity contribution in [3.63, 3.8) is 0 Å². The van der Waals surface area contributed by atoms with Gasteiger partial charge in [0, 0.05) is 11.1 Å². The van der Waals surface area contributed by atoms with Crippen LogP contribution in [0.2, 0.25) is 0 Å². The molecule has 0 aliphatic heterocycles. The second-order valence-electron chi connectivity index (χ2n) is 5.91. The molecule has 0 bridgehead atoms. The highest BCUT2D eigenvalue weighted by Gasteiger charge is 2.18. The molecule has 0 saturated carbocycles. The first-order valence-corrected chi connectivity index (χ1v) is 7.01. The van der Waals surface area contributed by atoms with Crippen LogP contribution < -0.4 is 15.8 Å². The van der Waals surface area contributed by atoms with Crippen LogP contribution in [-0.2, 0) is 12.0 Å². The van der Waals surface area contributed by atoms with Crippen LogP contribution in [0.5, 0.6) is 5.75 Å². The number of ether oxygens (including phenoxy) is 1. The third-order valence-corrected chi connectivity index (χ3v) is 2.96. The van der Waals surface area contributed by atoms with E-state index in [1.807, 2.05) is 24.3 Å². The maximum absolute atomic E-state index is 5.86. The Hall–Kier alpha value is -2.57. The topological polar surface area (TPSA) is 101 Å². The van der Waals surface area contributed by atoms with Crippen molar-refractivity contribution >= 4 is 11.6 Å². The largest absolute Gasteiger partial charge is 0.497 e. The van der Waals surface area contributed by atoms with E-state index in [2.05, 4.69) is 46.3 Å². The van der Waals surface area contributed by atoms with Crippen molar-refractivity contribution in [3.05, 3.63) is 35.9 Å². The van der Waals surface area contributed by atoms with Gasteiger partial charge in [-0.15, -0.1) is 0 Å². The number of nitrogens with zero attached hydrogens (tertiary/aromatic N) is 3. The number of methoxy groups -OCH3 is 1. The molecular formula is C15H22N6O. The van der Waals surface area contributed by atoms with Gasteiger partial charge < -0.3 is 15.8 Å². The summed E-state index contributed by atoms with van der Waals surface area (Å²) < 4.78 is 5.10. The fraction of sp³-hybridized carbons (Fsp3) is 0.400. The molecule has 0 unspecified atom stereocenters. The van der Waals surface area contributed by atoms with Gasteiger partial charge >= 0.3 is 0 Å². The first-order chi connectivity index (χ1) is 10.4. The van der Waals surface area contributed by atoms with Crippen LogP contribution in [-0.4, -0.2) is 28.3 Å². The third kappa shape index (κ3) is 4.21. The number of aromatic amines is 1. The Morgan fingerprint density at radius 3 is 2.55 bits per heavy atom. The van der Waals surface area contributed by atoms with E-state index in [0.29, 0.717) is 18.3 Å². The monoisotopic (exact) mass is 302 g/mol. The summed E-state index contributed by atoms with van der Waals surface area (Å²) in [6.45, 7) is 6.52. The van der Waals surface area contributed by atoms with Gasteiger partial charge in [-0.2, -0.15) is 5.10 Å². The van der Waals surface area contributed by atoms with Crippen LogP contribution in [0.3, 0.4) is 0 Å². The van der Waals surface area contributed by atoms with Gasteiger partial charge in [-0.1, -0.05) is 20.8 Å². The van der Waals surface area contributed by atoms with Gasteiger partial charge in [0.15, 0.2) is 11.8 Å². The summed E-state index contributed by atoms with van der Waals surface area (Å²) >= 11 is 0. The van der Waals surface area contributed by atoms with E-state index in [1.54, 1.807) is 7.11 Å². The lowest BCUT2D eigenvalue weighted by atomic mass is 9.96. The molecule has 0 atom stereocenters. The number of aromatic nitrogens is 3. The Balaban J connectivity index is 1.95.